The van der Waals surface area contributed by atoms with Gasteiger partial charge in [0.25, 0.3) is 0 Å². The largest absolute Gasteiger partial charge is 0.458 e. The number of esters is 1. The summed E-state index contributed by atoms with van der Waals surface area (Å²) in [7, 11) is 0. The second-order valence-corrected chi connectivity index (χ2v) is 6.58. The summed E-state index contributed by atoms with van der Waals surface area (Å²) in [5.74, 6) is -0.462. The van der Waals surface area contributed by atoms with Crippen molar-refractivity contribution in [1.29, 1.82) is 0 Å². The van der Waals surface area contributed by atoms with Crippen LogP contribution in [0, 0.1) is 0 Å². The standard InChI is InChI=1S/C18H28N2O4/c1-18(2,3)24-16(21)15(11-7-8-12-19)20-17(22)23-13-14-9-5-4-6-10-14/h4-6,9-10,15H,7-8,11-13,19H2,1-3H3,(H,20,22). The average molecular weight is 336 g/mol. The number of carbonyl (C=O) groups is 2. The van der Waals surface area contributed by atoms with Gasteiger partial charge in [0, 0.05) is 0 Å². The first kappa shape index (κ1) is 20.0. The molecule has 134 valence electrons. The minimum atomic E-state index is -0.737. The molecule has 0 bridgehead atoms. The van der Waals surface area contributed by atoms with Gasteiger partial charge in [-0.15, -0.1) is 0 Å². The molecule has 0 heterocycles. The molecule has 1 aromatic carbocycles. The van der Waals surface area contributed by atoms with Crippen molar-refractivity contribution in [2.75, 3.05) is 6.54 Å². The number of hydrogen-bond donors (Lipinski definition) is 2. The van der Waals surface area contributed by atoms with E-state index in [2.05, 4.69) is 5.32 Å². The van der Waals surface area contributed by atoms with Crippen LogP contribution in [0.4, 0.5) is 4.79 Å². The Hall–Kier alpha value is -2.08. The van der Waals surface area contributed by atoms with E-state index >= 15 is 0 Å². The highest BCUT2D eigenvalue weighted by Crippen LogP contribution is 2.12. The Morgan fingerprint density at radius 1 is 1.17 bits per heavy atom. The Balaban J connectivity index is 2.55. The van der Waals surface area contributed by atoms with Crippen LogP contribution in [0.5, 0.6) is 0 Å². The maximum atomic E-state index is 12.2. The van der Waals surface area contributed by atoms with Crippen LogP contribution in [0.2, 0.25) is 0 Å². The molecule has 1 amide bonds. The number of nitrogens with one attached hydrogen (secondary N) is 1. The van der Waals surface area contributed by atoms with Crippen LogP contribution in [0.1, 0.15) is 45.6 Å². The molecule has 3 N–H and O–H groups in total. The second kappa shape index (κ2) is 9.93. The highest BCUT2D eigenvalue weighted by Gasteiger charge is 2.26. The van der Waals surface area contributed by atoms with Gasteiger partial charge in [-0.2, -0.15) is 0 Å². The lowest BCUT2D eigenvalue weighted by Gasteiger charge is -2.24. The Kier molecular flexibility index (Phi) is 8.26. The van der Waals surface area contributed by atoms with Gasteiger partial charge in [0.05, 0.1) is 0 Å². The number of unbranched alkanes of at least 4 members (excludes halogenated alkanes) is 1. The Labute approximate surface area is 143 Å². The summed E-state index contributed by atoms with van der Waals surface area (Å²) in [6.45, 7) is 6.05. The lowest BCUT2D eigenvalue weighted by atomic mass is 10.1. The molecular weight excluding hydrogens is 308 g/mol. The van der Waals surface area contributed by atoms with Crippen molar-refractivity contribution >= 4 is 12.1 Å². The predicted molar refractivity (Wildman–Crippen MR) is 92.3 cm³/mol. The Morgan fingerprint density at radius 3 is 2.42 bits per heavy atom. The third-order valence-electron chi connectivity index (χ3n) is 3.14. The predicted octanol–water partition coefficient (Wildman–Crippen LogP) is 2.75. The molecule has 0 spiro atoms. The van der Waals surface area contributed by atoms with E-state index in [0.717, 1.165) is 18.4 Å². The van der Waals surface area contributed by atoms with Gasteiger partial charge in [-0.3, -0.25) is 0 Å². The molecule has 1 unspecified atom stereocenters. The fraction of sp³-hybridized carbons (Fsp3) is 0.556. The fourth-order valence-corrected chi connectivity index (χ4v) is 2.02. The minimum absolute atomic E-state index is 0.149. The molecule has 6 heteroatoms. The Morgan fingerprint density at radius 2 is 1.83 bits per heavy atom. The van der Waals surface area contributed by atoms with Gasteiger partial charge < -0.3 is 20.5 Å². The zero-order valence-electron chi connectivity index (χ0n) is 14.7. The summed E-state index contributed by atoms with van der Waals surface area (Å²) in [6.07, 6.45) is 1.33. The lowest BCUT2D eigenvalue weighted by molar-refractivity contribution is -0.157. The van der Waals surface area contributed by atoms with E-state index in [1.807, 2.05) is 30.3 Å². The van der Waals surface area contributed by atoms with Crippen molar-refractivity contribution in [3.8, 4) is 0 Å². The number of benzene rings is 1. The van der Waals surface area contributed by atoms with Gasteiger partial charge in [-0.25, -0.2) is 9.59 Å². The molecule has 0 radical (unpaired) electrons. The number of alkyl carbamates (subject to hydrolysis) is 1. The van der Waals surface area contributed by atoms with E-state index in [4.69, 9.17) is 15.2 Å². The summed E-state index contributed by atoms with van der Waals surface area (Å²) < 4.78 is 10.5. The molecule has 1 aromatic rings. The maximum absolute atomic E-state index is 12.2. The first-order chi connectivity index (χ1) is 11.3. The molecule has 0 aliphatic heterocycles. The zero-order valence-corrected chi connectivity index (χ0v) is 14.7. The van der Waals surface area contributed by atoms with Crippen LogP contribution < -0.4 is 11.1 Å². The van der Waals surface area contributed by atoms with Crippen molar-refractivity contribution < 1.29 is 19.1 Å². The quantitative estimate of drug-likeness (QED) is 0.563. The molecule has 1 rings (SSSR count). The summed E-state index contributed by atoms with van der Waals surface area (Å²) in [6, 6.07) is 8.61. The molecule has 0 saturated heterocycles. The number of ether oxygens (including phenoxy) is 2. The average Bonchev–Trinajstić information content (AvgIpc) is 2.51. The molecule has 0 aliphatic rings. The number of rotatable bonds is 8. The van der Waals surface area contributed by atoms with E-state index in [9.17, 15) is 9.59 Å². The van der Waals surface area contributed by atoms with Crippen LogP contribution >= 0.6 is 0 Å². The second-order valence-electron chi connectivity index (χ2n) is 6.58. The zero-order chi connectivity index (χ0) is 18.0. The topological polar surface area (TPSA) is 90.6 Å². The van der Waals surface area contributed by atoms with Crippen LogP contribution in [-0.2, 0) is 20.9 Å². The monoisotopic (exact) mass is 336 g/mol. The Bertz CT molecular complexity index is 512. The summed E-state index contributed by atoms with van der Waals surface area (Å²) in [5.41, 5.74) is 5.74. The number of carbonyl (C=O) groups excluding carboxylic acids is 2. The van der Waals surface area contributed by atoms with Crippen molar-refractivity contribution in [3.05, 3.63) is 35.9 Å². The maximum Gasteiger partial charge on any atom is 0.408 e. The van der Waals surface area contributed by atoms with Crippen molar-refractivity contribution in [3.63, 3.8) is 0 Å². The van der Waals surface area contributed by atoms with Crippen molar-refractivity contribution in [1.82, 2.24) is 5.32 Å². The van der Waals surface area contributed by atoms with Gasteiger partial charge in [-0.1, -0.05) is 30.3 Å². The molecule has 0 saturated carbocycles. The van der Waals surface area contributed by atoms with Crippen LogP contribution in [-0.4, -0.2) is 30.3 Å². The molecule has 0 fully saturated rings. The number of hydrogen-bond acceptors (Lipinski definition) is 5. The van der Waals surface area contributed by atoms with Gasteiger partial charge >= 0.3 is 12.1 Å². The van der Waals surface area contributed by atoms with Gasteiger partial charge in [0.2, 0.25) is 0 Å². The van der Waals surface area contributed by atoms with Crippen LogP contribution in [0.15, 0.2) is 30.3 Å². The van der Waals surface area contributed by atoms with E-state index in [0.29, 0.717) is 13.0 Å². The first-order valence-electron chi connectivity index (χ1n) is 8.22. The molecule has 0 aliphatic carbocycles. The van der Waals surface area contributed by atoms with Crippen molar-refractivity contribution in [2.45, 2.75) is 58.3 Å². The van der Waals surface area contributed by atoms with Gasteiger partial charge in [0.15, 0.2) is 0 Å². The molecule has 0 aromatic heterocycles. The summed E-state index contributed by atoms with van der Waals surface area (Å²) in [5, 5.41) is 2.59. The van der Waals surface area contributed by atoms with Crippen LogP contribution in [0.3, 0.4) is 0 Å². The molecule has 24 heavy (non-hydrogen) atoms. The van der Waals surface area contributed by atoms with Gasteiger partial charge in [0.1, 0.15) is 18.2 Å². The van der Waals surface area contributed by atoms with Crippen LogP contribution in [0.25, 0.3) is 0 Å². The highest BCUT2D eigenvalue weighted by molar-refractivity contribution is 5.81. The summed E-state index contributed by atoms with van der Waals surface area (Å²) in [4.78, 5) is 24.2. The smallest absolute Gasteiger partial charge is 0.408 e. The summed E-state index contributed by atoms with van der Waals surface area (Å²) >= 11 is 0. The van der Waals surface area contributed by atoms with Gasteiger partial charge in [-0.05, 0) is 52.1 Å². The minimum Gasteiger partial charge on any atom is -0.458 e. The van der Waals surface area contributed by atoms with E-state index in [-0.39, 0.29) is 6.61 Å². The fourth-order valence-electron chi connectivity index (χ4n) is 2.02. The van der Waals surface area contributed by atoms with E-state index < -0.39 is 23.7 Å². The number of nitrogens with two attached hydrogens (primary N) is 1. The molecule has 6 nitrogen and oxygen atoms in total. The van der Waals surface area contributed by atoms with Crippen molar-refractivity contribution in [2.24, 2.45) is 5.73 Å². The lowest BCUT2D eigenvalue weighted by Crippen LogP contribution is -2.44. The van der Waals surface area contributed by atoms with E-state index in [1.165, 1.54) is 0 Å². The molecule has 1 atom stereocenters. The first-order valence-corrected chi connectivity index (χ1v) is 8.22. The third-order valence-corrected chi connectivity index (χ3v) is 3.14. The number of amides is 1. The SMILES string of the molecule is CC(C)(C)OC(=O)C(CCCCN)NC(=O)OCc1ccccc1. The van der Waals surface area contributed by atoms with E-state index in [1.54, 1.807) is 20.8 Å². The normalized spacial score (nSPS) is 12.3. The molecular formula is C18H28N2O4. The highest BCUT2D eigenvalue weighted by atomic mass is 16.6. The third kappa shape index (κ3) is 8.53.